The molecule has 0 radical (unpaired) electrons. The first-order chi connectivity index (χ1) is 42.4. The molecule has 0 unspecified atom stereocenters. The second-order valence-electron chi connectivity index (χ2n) is 26.0. The summed E-state index contributed by atoms with van der Waals surface area (Å²) in [5.41, 5.74) is 5.82. The summed E-state index contributed by atoms with van der Waals surface area (Å²) < 4.78 is 47.0. The van der Waals surface area contributed by atoms with Gasteiger partial charge in [-0.2, -0.15) is 0 Å². The third-order valence-electron chi connectivity index (χ3n) is 18.3. The van der Waals surface area contributed by atoms with Gasteiger partial charge in [-0.3, -0.25) is 19.2 Å². The predicted octanol–water partition coefficient (Wildman–Crippen LogP) is 14.7. The number of rotatable bonds is 16. The molecule has 1 aliphatic heterocycles. The Hall–Kier alpha value is -6.92. The van der Waals surface area contributed by atoms with Crippen LogP contribution in [-0.4, -0.2) is 98.7 Å². The molecule has 1 heterocycles. The van der Waals surface area contributed by atoms with Gasteiger partial charge >= 0.3 is 5.94 Å². The Balaban J connectivity index is 0.000000200. The van der Waals surface area contributed by atoms with Gasteiger partial charge < -0.3 is 62.6 Å². The van der Waals surface area contributed by atoms with Crippen molar-refractivity contribution in [1.82, 2.24) is 0 Å². The van der Waals surface area contributed by atoms with Crippen molar-refractivity contribution in [1.29, 1.82) is 0 Å². The molecule has 2 aliphatic carbocycles. The Morgan fingerprint density at radius 1 is 0.578 bits per heavy atom. The number of methoxy groups -OCH3 is 2. The Labute approximate surface area is 536 Å². The Morgan fingerprint density at radius 2 is 0.956 bits per heavy atom. The fraction of sp³-hybridized carbons (Fsp3) is 0.391. The fourth-order valence-corrected chi connectivity index (χ4v) is 14.2. The third kappa shape index (κ3) is 13.8. The number of para-hydroxylation sites is 2. The van der Waals surface area contributed by atoms with E-state index in [0.29, 0.717) is 67.1 Å². The van der Waals surface area contributed by atoms with Crippen LogP contribution in [0.1, 0.15) is 158 Å². The minimum atomic E-state index is -2.43. The van der Waals surface area contributed by atoms with Crippen molar-refractivity contribution in [3.8, 4) is 40.2 Å². The number of benzene rings is 7. The van der Waals surface area contributed by atoms with E-state index in [1.807, 2.05) is 92.8 Å². The minimum absolute atomic E-state index is 0.0104. The number of aldehydes is 2. The first-order valence-electron chi connectivity index (χ1n) is 29.8. The normalized spacial score (nSPS) is 17.2. The summed E-state index contributed by atoms with van der Waals surface area (Å²) in [5, 5.41) is 56.4. The van der Waals surface area contributed by atoms with E-state index in [0.717, 1.165) is 40.2 Å². The molecular formula is C69H82BBrO17Si2. The second kappa shape index (κ2) is 27.5. The van der Waals surface area contributed by atoms with Gasteiger partial charge in [0.1, 0.15) is 52.5 Å². The second-order valence-corrected chi connectivity index (χ2v) is 36.3. The molecule has 0 aromatic heterocycles. The van der Waals surface area contributed by atoms with E-state index in [9.17, 15) is 44.7 Å². The van der Waals surface area contributed by atoms with E-state index < -0.39 is 64.9 Å². The lowest BCUT2D eigenvalue weighted by Gasteiger charge is -2.41. The number of carbonyl (C=O) groups is 4. The number of phenols is 3. The maximum Gasteiger partial charge on any atom is 0.678 e. The van der Waals surface area contributed by atoms with Gasteiger partial charge in [-0.15, -0.1) is 0 Å². The number of carbonyl (C=O) groups excluding carboxylic acids is 4. The molecule has 0 spiro atoms. The van der Waals surface area contributed by atoms with Crippen LogP contribution in [0.5, 0.6) is 40.2 Å². The minimum Gasteiger partial charge on any atom is -0.514 e. The summed E-state index contributed by atoms with van der Waals surface area (Å²) in [6.45, 7) is 25.7. The zero-order valence-corrected chi connectivity index (χ0v) is 57.5. The molecule has 17 nitrogen and oxygen atoms in total. The lowest BCUT2D eigenvalue weighted by Crippen LogP contribution is -2.48. The summed E-state index contributed by atoms with van der Waals surface area (Å²) in [6.07, 6.45) is -1.31. The van der Waals surface area contributed by atoms with Crippen molar-refractivity contribution in [2.45, 2.75) is 162 Å². The molecule has 0 amide bonds. The van der Waals surface area contributed by atoms with Crippen LogP contribution in [0.2, 0.25) is 36.3 Å². The quantitative estimate of drug-likeness (QED) is 0.0446. The number of hydrogen-bond donors (Lipinski definition) is 5. The molecule has 10 rings (SSSR count). The smallest absolute Gasteiger partial charge is 0.514 e. The summed E-state index contributed by atoms with van der Waals surface area (Å²) >= 11 is 3.17. The summed E-state index contributed by atoms with van der Waals surface area (Å²) in [6, 6.07) is 25.9. The maximum absolute atomic E-state index is 14.1. The molecule has 0 saturated heterocycles. The molecule has 478 valence electrons. The molecule has 0 bridgehead atoms. The number of ketones is 2. The first-order valence-corrected chi connectivity index (χ1v) is 36.6. The Morgan fingerprint density at radius 3 is 1.32 bits per heavy atom. The van der Waals surface area contributed by atoms with E-state index in [-0.39, 0.29) is 82.3 Å². The molecule has 5 N–H and O–H groups in total. The molecule has 21 heteroatoms. The van der Waals surface area contributed by atoms with E-state index >= 15 is 0 Å². The Bertz CT molecular complexity index is 3610. The third-order valence-corrected chi connectivity index (χ3v) is 27.6. The molecule has 7 aromatic rings. The van der Waals surface area contributed by atoms with Crippen LogP contribution in [0.25, 0.3) is 21.5 Å². The highest BCUT2D eigenvalue weighted by Crippen LogP contribution is 2.52. The summed E-state index contributed by atoms with van der Waals surface area (Å²) in [5.74, 6) is 0.874. The van der Waals surface area contributed by atoms with Crippen LogP contribution >= 0.6 is 15.8 Å². The monoisotopic (exact) mass is 1330 g/mol. The molecule has 0 saturated carbocycles. The molecule has 4 atom stereocenters. The number of aryl methyl sites for hydroxylation is 3. The van der Waals surface area contributed by atoms with Gasteiger partial charge in [0, 0.05) is 34.9 Å². The molecule has 7 aromatic carbocycles. The highest BCUT2D eigenvalue weighted by molar-refractivity contribution is 9.24. The number of Topliss-reactive ketones (excluding diaryl/α,β-unsaturated/α-hetero) is 2. The highest BCUT2D eigenvalue weighted by atomic mass is 79.9. The van der Waals surface area contributed by atoms with E-state index in [1.165, 1.54) is 0 Å². The predicted molar refractivity (Wildman–Crippen MR) is 355 cm³/mol. The summed E-state index contributed by atoms with van der Waals surface area (Å²) in [7, 11) is -1.60. The van der Waals surface area contributed by atoms with Crippen LogP contribution in [0.15, 0.2) is 84.9 Å². The van der Waals surface area contributed by atoms with Crippen molar-refractivity contribution in [2.24, 2.45) is 0 Å². The van der Waals surface area contributed by atoms with Crippen molar-refractivity contribution in [2.75, 3.05) is 14.2 Å². The number of aliphatic hydroxyl groups excluding tert-OH is 2. The van der Waals surface area contributed by atoms with Crippen LogP contribution < -0.4 is 18.8 Å². The van der Waals surface area contributed by atoms with Gasteiger partial charge in [0.15, 0.2) is 40.8 Å². The van der Waals surface area contributed by atoms with Crippen LogP contribution in [0.3, 0.4) is 0 Å². The van der Waals surface area contributed by atoms with Gasteiger partial charge in [0.2, 0.25) is 0 Å². The average Bonchev–Trinajstić information content (AvgIpc) is 0.824. The van der Waals surface area contributed by atoms with E-state index in [1.54, 1.807) is 40.2 Å². The molecular weight excluding hydrogens is 1250 g/mol. The van der Waals surface area contributed by atoms with Crippen molar-refractivity contribution >= 4 is 84.0 Å². The standard InChI is InChI=1S/C32H40O7Si.C31H38O8Si.C6H4BBrO2/c1-18-13-22-24(16-34)28-25(38-17-20-9-11-21(37-6)12-10-20)14-26(39-40(7,8)32(3,4)5)30(35)29(28)31(36)27(22)19(2)23(18)15-33;1-17-12-20-22(15-33)25-23(38-16-18-8-10-19(37-5)11-9-18)13-24(39-40(6,7)31(2,3)4)29(35)27(25)30(36)26(20)28(34)21(17)14-32;8-7-9-5-3-1-2-4-6(5)10-7/h9-13,15,25-26,34,36H,14,16-17H2,1-8H3;8-12,14,23-24,33-34,36H,13,15-16H2,1-7H3;1-4H/t25-,26-;23-,24-;/m00./s1. The molecule has 0 fully saturated rings. The largest absolute Gasteiger partial charge is 0.678 e. The number of fused-ring (bicyclic) bond motifs is 5. The fourth-order valence-electron chi connectivity index (χ4n) is 11.2. The van der Waals surface area contributed by atoms with Crippen LogP contribution in [-0.2, 0) is 44.8 Å². The Kier molecular flexibility index (Phi) is 21.1. The average molecular weight is 1330 g/mol. The van der Waals surface area contributed by atoms with Gasteiger partial charge in [0.25, 0.3) is 0 Å². The van der Waals surface area contributed by atoms with Gasteiger partial charge in [-0.1, -0.05) is 84.0 Å². The highest BCUT2D eigenvalue weighted by Gasteiger charge is 2.48. The number of ether oxygens (including phenoxy) is 4. The lowest BCUT2D eigenvalue weighted by atomic mass is 9.79. The number of aliphatic hydroxyl groups is 2. The van der Waals surface area contributed by atoms with E-state index in [4.69, 9.17) is 37.1 Å². The summed E-state index contributed by atoms with van der Waals surface area (Å²) in [4.78, 5) is 51.7. The van der Waals surface area contributed by atoms with Crippen LogP contribution in [0.4, 0.5) is 0 Å². The number of hydrogen-bond acceptors (Lipinski definition) is 17. The SMILES string of the molecule is BrB1Oc2ccccc2O1.COc1ccc(CO[C@H]2C[C@H](O[Si](C)(C)C(C)(C)C)C(=O)c3c2c(CO)c2cc(C)c(C=O)c(C)c2c3O)cc1.COc1ccc(CO[C@H]2C[C@H](O[Si](C)(C)C(C)(C)C)C(=O)c3c2c(CO)c2cc(C)c(C=O)c(O)c2c3O)cc1. The van der Waals surface area contributed by atoms with E-state index in [2.05, 4.69) is 70.4 Å². The maximum atomic E-state index is 14.1. The van der Waals surface area contributed by atoms with Crippen molar-refractivity contribution < 1.29 is 81.8 Å². The topological polar surface area (TPSA) is 243 Å². The van der Waals surface area contributed by atoms with Gasteiger partial charge in [-0.05, 0) is 165 Å². The zero-order chi connectivity index (χ0) is 66.1. The molecule has 90 heavy (non-hydrogen) atoms. The lowest BCUT2D eigenvalue weighted by molar-refractivity contribution is -0.000335. The number of phenolic OH excluding ortho intramolecular Hbond substituents is 3. The number of aromatic hydroxyl groups is 3. The van der Waals surface area contributed by atoms with Crippen LogP contribution in [0, 0.1) is 20.8 Å². The first kappa shape index (κ1) is 69.0. The molecule has 3 aliphatic rings. The number of halogens is 1. The van der Waals surface area contributed by atoms with Gasteiger partial charge in [-0.25, -0.2) is 0 Å². The van der Waals surface area contributed by atoms with Crippen molar-refractivity contribution in [3.05, 3.63) is 157 Å². The van der Waals surface area contributed by atoms with Crippen molar-refractivity contribution in [3.63, 3.8) is 0 Å². The van der Waals surface area contributed by atoms with Gasteiger partial charge in [0.05, 0.1) is 74.9 Å². The zero-order valence-electron chi connectivity index (χ0n) is 53.9.